The number of carboxylic acids is 1. The molecule has 2 atom stereocenters. The van der Waals surface area contributed by atoms with Gasteiger partial charge in [-0.1, -0.05) is 18.2 Å². The topological polar surface area (TPSA) is 49.8 Å². The Morgan fingerprint density at radius 3 is 2.57 bits per heavy atom. The first kappa shape index (κ1) is 17.0. The van der Waals surface area contributed by atoms with Crippen LogP contribution >= 0.6 is 23.5 Å². The lowest BCUT2D eigenvalue weighted by atomic mass is 9.88. The molecule has 0 saturated carbocycles. The zero-order valence-electron chi connectivity index (χ0n) is 13.3. The van der Waals surface area contributed by atoms with E-state index >= 15 is 0 Å². The predicted octanol–water partition coefficient (Wildman–Crippen LogP) is 2.64. The summed E-state index contributed by atoms with van der Waals surface area (Å²) < 4.78 is 5.47. The van der Waals surface area contributed by atoms with E-state index in [4.69, 9.17) is 4.74 Å². The van der Waals surface area contributed by atoms with Gasteiger partial charge in [0.2, 0.25) is 0 Å². The van der Waals surface area contributed by atoms with Crippen LogP contribution in [0.15, 0.2) is 24.3 Å². The summed E-state index contributed by atoms with van der Waals surface area (Å²) in [6.07, 6.45) is 0. The van der Waals surface area contributed by atoms with Gasteiger partial charge in [0.05, 0.1) is 13.0 Å². The third-order valence-corrected chi connectivity index (χ3v) is 7.20. The van der Waals surface area contributed by atoms with Crippen LogP contribution in [0.25, 0.3) is 0 Å². The lowest BCUT2D eigenvalue weighted by molar-refractivity contribution is -0.141. The van der Waals surface area contributed by atoms with Crippen LogP contribution in [-0.2, 0) is 4.79 Å². The van der Waals surface area contributed by atoms with Gasteiger partial charge >= 0.3 is 5.97 Å². The Balaban J connectivity index is 1.82. The average molecular weight is 354 g/mol. The van der Waals surface area contributed by atoms with E-state index < -0.39 is 5.97 Å². The smallest absolute Gasteiger partial charge is 0.308 e. The molecule has 0 unspecified atom stereocenters. The second-order valence-electron chi connectivity index (χ2n) is 6.05. The summed E-state index contributed by atoms with van der Waals surface area (Å²) in [5, 5.41) is 9.70. The van der Waals surface area contributed by atoms with Crippen LogP contribution in [0.2, 0.25) is 0 Å². The van der Waals surface area contributed by atoms with E-state index in [1.54, 1.807) is 7.11 Å². The van der Waals surface area contributed by atoms with E-state index in [9.17, 15) is 9.90 Å². The molecular formula is C17H23NO3S2. The molecule has 0 aromatic heterocycles. The summed E-state index contributed by atoms with van der Waals surface area (Å²) in [5.41, 5.74) is 1.03. The number of ether oxygens (including phenoxy) is 1. The Hall–Kier alpha value is -0.850. The molecule has 1 N–H and O–H groups in total. The number of rotatable bonds is 4. The Bertz CT molecular complexity index is 546. The number of hydrogen-bond donors (Lipinski definition) is 1. The second kappa shape index (κ2) is 7.81. The molecule has 2 fully saturated rings. The first-order valence-corrected chi connectivity index (χ1v) is 10.3. The van der Waals surface area contributed by atoms with E-state index in [0.717, 1.165) is 29.4 Å². The first-order chi connectivity index (χ1) is 11.2. The molecule has 2 aliphatic heterocycles. The highest BCUT2D eigenvalue weighted by atomic mass is 32.2. The largest absolute Gasteiger partial charge is 0.496 e. The highest BCUT2D eigenvalue weighted by Gasteiger charge is 2.42. The Labute approximate surface area is 146 Å². The maximum Gasteiger partial charge on any atom is 0.308 e. The number of carboxylic acid groups (broad SMARTS) is 1. The molecule has 0 bridgehead atoms. The zero-order valence-corrected chi connectivity index (χ0v) is 14.9. The lowest BCUT2D eigenvalue weighted by Crippen LogP contribution is -2.37. The predicted molar refractivity (Wildman–Crippen MR) is 96.9 cm³/mol. The van der Waals surface area contributed by atoms with Crippen LogP contribution in [0.3, 0.4) is 0 Å². The number of para-hydroxylation sites is 1. The average Bonchev–Trinajstić information content (AvgIpc) is 2.83. The van der Waals surface area contributed by atoms with Gasteiger partial charge in [-0.15, -0.1) is 0 Å². The number of nitrogens with zero attached hydrogens (tertiary/aromatic N) is 1. The van der Waals surface area contributed by atoms with Crippen molar-refractivity contribution in [1.29, 1.82) is 0 Å². The molecule has 23 heavy (non-hydrogen) atoms. The van der Waals surface area contributed by atoms with Gasteiger partial charge in [-0.3, -0.25) is 9.69 Å². The third kappa shape index (κ3) is 3.80. The minimum atomic E-state index is -0.697. The van der Waals surface area contributed by atoms with E-state index in [-0.39, 0.29) is 11.8 Å². The van der Waals surface area contributed by atoms with Gasteiger partial charge in [0.15, 0.2) is 0 Å². The fourth-order valence-electron chi connectivity index (χ4n) is 3.49. The molecule has 126 valence electrons. The maximum absolute atomic E-state index is 11.8. The SMILES string of the molecule is COc1ccccc1[C@@H]1CN(C2CSCCSC2)C[C@H]1C(=O)O. The fraction of sp³-hybridized carbons (Fsp3) is 0.588. The van der Waals surface area contributed by atoms with Crippen molar-refractivity contribution in [1.82, 2.24) is 4.90 Å². The van der Waals surface area contributed by atoms with Crippen molar-refractivity contribution in [2.75, 3.05) is 43.2 Å². The number of hydrogen-bond acceptors (Lipinski definition) is 5. The summed E-state index contributed by atoms with van der Waals surface area (Å²) in [6, 6.07) is 8.32. The molecule has 0 amide bonds. The number of aliphatic carboxylic acids is 1. The van der Waals surface area contributed by atoms with Gasteiger partial charge in [0, 0.05) is 48.1 Å². The minimum absolute atomic E-state index is 0.00176. The molecule has 0 aliphatic carbocycles. The zero-order chi connectivity index (χ0) is 16.2. The van der Waals surface area contributed by atoms with Crippen LogP contribution in [0.4, 0.5) is 0 Å². The lowest BCUT2D eigenvalue weighted by Gasteiger charge is -2.26. The van der Waals surface area contributed by atoms with Crippen LogP contribution in [0.5, 0.6) is 5.75 Å². The summed E-state index contributed by atoms with van der Waals surface area (Å²) in [4.78, 5) is 14.2. The van der Waals surface area contributed by atoms with Crippen molar-refractivity contribution < 1.29 is 14.6 Å². The molecule has 3 rings (SSSR count). The van der Waals surface area contributed by atoms with Crippen molar-refractivity contribution in [3.63, 3.8) is 0 Å². The standard InChI is InChI=1S/C17H23NO3S2/c1-21-16-5-3-2-4-13(16)14-8-18(9-15(14)17(19)20)12-10-22-6-7-23-11-12/h2-5,12,14-15H,6-11H2,1H3,(H,19,20)/t14-,15+/m0/s1. The highest BCUT2D eigenvalue weighted by molar-refractivity contribution is 8.03. The molecule has 2 aliphatic rings. The van der Waals surface area contributed by atoms with E-state index in [1.165, 1.54) is 11.5 Å². The molecule has 2 heterocycles. The number of benzene rings is 1. The van der Waals surface area contributed by atoms with Crippen molar-refractivity contribution in [2.24, 2.45) is 5.92 Å². The fourth-order valence-corrected chi connectivity index (χ4v) is 6.11. The molecule has 4 nitrogen and oxygen atoms in total. The second-order valence-corrected chi connectivity index (χ2v) is 8.35. The number of methoxy groups -OCH3 is 1. The summed E-state index contributed by atoms with van der Waals surface area (Å²) in [6.45, 7) is 1.45. The molecule has 0 radical (unpaired) electrons. The van der Waals surface area contributed by atoms with Crippen molar-refractivity contribution in [2.45, 2.75) is 12.0 Å². The Morgan fingerprint density at radius 1 is 1.22 bits per heavy atom. The van der Waals surface area contributed by atoms with Crippen molar-refractivity contribution in [3.8, 4) is 5.75 Å². The van der Waals surface area contributed by atoms with Gasteiger partial charge in [0.1, 0.15) is 5.75 Å². The van der Waals surface area contributed by atoms with Gasteiger partial charge in [0.25, 0.3) is 0 Å². The van der Waals surface area contributed by atoms with Crippen LogP contribution in [0, 0.1) is 5.92 Å². The molecule has 0 spiro atoms. The van der Waals surface area contributed by atoms with Crippen LogP contribution < -0.4 is 4.74 Å². The normalized spacial score (nSPS) is 26.8. The van der Waals surface area contributed by atoms with E-state index in [1.807, 2.05) is 47.8 Å². The van der Waals surface area contributed by atoms with E-state index in [0.29, 0.717) is 12.6 Å². The maximum atomic E-state index is 11.8. The first-order valence-electron chi connectivity index (χ1n) is 7.96. The summed E-state index contributed by atoms with van der Waals surface area (Å²) >= 11 is 3.98. The molecule has 1 aromatic carbocycles. The molecule has 2 saturated heterocycles. The minimum Gasteiger partial charge on any atom is -0.496 e. The summed E-state index contributed by atoms with van der Waals surface area (Å²) in [5.74, 6) is 4.37. The summed E-state index contributed by atoms with van der Waals surface area (Å²) in [7, 11) is 1.65. The third-order valence-electron chi connectivity index (χ3n) is 4.71. The van der Waals surface area contributed by atoms with Crippen LogP contribution in [0.1, 0.15) is 11.5 Å². The van der Waals surface area contributed by atoms with Crippen molar-refractivity contribution >= 4 is 29.5 Å². The Morgan fingerprint density at radius 2 is 1.91 bits per heavy atom. The van der Waals surface area contributed by atoms with Crippen molar-refractivity contribution in [3.05, 3.63) is 29.8 Å². The van der Waals surface area contributed by atoms with Gasteiger partial charge in [-0.25, -0.2) is 0 Å². The van der Waals surface area contributed by atoms with Gasteiger partial charge in [-0.2, -0.15) is 23.5 Å². The highest BCUT2D eigenvalue weighted by Crippen LogP contribution is 2.39. The number of likely N-dealkylation sites (tertiary alicyclic amines) is 1. The van der Waals surface area contributed by atoms with E-state index in [2.05, 4.69) is 4.90 Å². The molecule has 6 heteroatoms. The van der Waals surface area contributed by atoms with Gasteiger partial charge < -0.3 is 9.84 Å². The molecular weight excluding hydrogens is 330 g/mol. The van der Waals surface area contributed by atoms with Gasteiger partial charge in [-0.05, 0) is 11.6 Å². The monoisotopic (exact) mass is 353 g/mol. The Kier molecular flexibility index (Phi) is 5.77. The number of carbonyl (C=O) groups is 1. The van der Waals surface area contributed by atoms with Crippen LogP contribution in [-0.4, -0.2) is 65.2 Å². The number of thioether (sulfide) groups is 2. The quantitative estimate of drug-likeness (QED) is 0.898. The molecule has 1 aromatic rings.